The molecule has 0 bridgehead atoms. The van der Waals surface area contributed by atoms with Crippen molar-refractivity contribution in [3.8, 4) is 23.0 Å². The molecule has 2 aliphatic rings. The Bertz CT molecular complexity index is 1480. The number of pyridine rings is 1. The summed E-state index contributed by atoms with van der Waals surface area (Å²) in [5.74, 6) is 1.83. The molecule has 1 saturated carbocycles. The molecule has 39 heavy (non-hydrogen) atoms. The first kappa shape index (κ1) is 26.3. The number of hydrogen-bond acceptors (Lipinski definition) is 8. The Morgan fingerprint density at radius 3 is 2.64 bits per heavy atom. The third-order valence-corrected chi connectivity index (χ3v) is 7.91. The third-order valence-electron chi connectivity index (χ3n) is 7.37. The molecule has 1 saturated heterocycles. The highest BCUT2D eigenvalue weighted by Gasteiger charge is 2.41. The smallest absolute Gasteiger partial charge is 0.246 e. The molecular formula is C28H31Cl2N7O2. The number of nitrogens with one attached hydrogen (secondary N) is 1. The summed E-state index contributed by atoms with van der Waals surface area (Å²) < 4.78 is 14.3. The van der Waals surface area contributed by atoms with E-state index in [2.05, 4.69) is 32.1 Å². The Hall–Kier alpha value is -2.98. The number of benzene rings is 1. The lowest BCUT2D eigenvalue weighted by Gasteiger charge is -2.26. The molecule has 6 rings (SSSR count). The quantitative estimate of drug-likeness (QED) is 0.301. The molecule has 1 aromatic carbocycles. The van der Waals surface area contributed by atoms with Crippen LogP contribution in [0.5, 0.6) is 11.6 Å². The number of rotatable bonds is 9. The van der Waals surface area contributed by atoms with E-state index in [-0.39, 0.29) is 11.6 Å². The van der Waals surface area contributed by atoms with Gasteiger partial charge in [0.1, 0.15) is 30.1 Å². The summed E-state index contributed by atoms with van der Waals surface area (Å²) in [4.78, 5) is 21.0. The topological polar surface area (TPSA) is 90.2 Å². The van der Waals surface area contributed by atoms with Gasteiger partial charge in [-0.05, 0) is 57.0 Å². The molecule has 1 aliphatic carbocycles. The number of ether oxygens (including phenoxy) is 2. The fourth-order valence-corrected chi connectivity index (χ4v) is 5.23. The zero-order valence-corrected chi connectivity index (χ0v) is 23.5. The normalized spacial score (nSPS) is 17.7. The standard InChI is InChI=1S/C28H31Cl2N7O2/c1-18(23-15-19(29)5-8-32-23)37-25(35-24-26(37)33-17-34-27(24)39-28(2)6-7-28)21-4-3-20(16-22(21)30)38-14-13-36-11-9-31-10-12-36/h3-5,8,15-18,31H,6-7,9-14H2,1-2H3/t18-/m1/s1. The lowest BCUT2D eigenvalue weighted by molar-refractivity contribution is 0.191. The molecule has 1 N–H and O–H groups in total. The summed E-state index contributed by atoms with van der Waals surface area (Å²) in [5, 5.41) is 4.51. The number of halogens is 2. The van der Waals surface area contributed by atoms with Crippen LogP contribution in [0.15, 0.2) is 42.9 Å². The van der Waals surface area contributed by atoms with Gasteiger partial charge in [-0.3, -0.25) is 14.5 Å². The van der Waals surface area contributed by atoms with E-state index < -0.39 is 0 Å². The molecule has 0 unspecified atom stereocenters. The molecule has 1 aliphatic heterocycles. The van der Waals surface area contributed by atoms with E-state index in [1.54, 1.807) is 12.3 Å². The Morgan fingerprint density at radius 1 is 1.08 bits per heavy atom. The van der Waals surface area contributed by atoms with Gasteiger partial charge in [0, 0.05) is 49.5 Å². The predicted molar refractivity (Wildman–Crippen MR) is 152 cm³/mol. The Balaban J connectivity index is 1.35. The van der Waals surface area contributed by atoms with Crippen LogP contribution >= 0.6 is 23.2 Å². The second-order valence-corrected chi connectivity index (χ2v) is 11.2. The van der Waals surface area contributed by atoms with Gasteiger partial charge in [-0.1, -0.05) is 23.2 Å². The second-order valence-electron chi connectivity index (χ2n) is 10.4. The summed E-state index contributed by atoms with van der Waals surface area (Å²) in [6.07, 6.45) is 5.18. The Morgan fingerprint density at radius 2 is 1.90 bits per heavy atom. The van der Waals surface area contributed by atoms with Crippen molar-refractivity contribution in [1.29, 1.82) is 0 Å². The van der Waals surface area contributed by atoms with Gasteiger partial charge >= 0.3 is 0 Å². The first-order chi connectivity index (χ1) is 18.9. The van der Waals surface area contributed by atoms with Crippen LogP contribution in [-0.4, -0.2) is 74.3 Å². The fraction of sp³-hybridized carbons (Fsp3) is 0.429. The SMILES string of the molecule is C[C@H](c1cc(Cl)ccn1)n1c(-c2ccc(OCCN3CCNCC3)cc2Cl)nc2c(OC3(C)CC3)ncnc21. The van der Waals surface area contributed by atoms with Crippen molar-refractivity contribution >= 4 is 34.4 Å². The lowest BCUT2D eigenvalue weighted by atomic mass is 10.1. The van der Waals surface area contributed by atoms with E-state index in [0.29, 0.717) is 39.5 Å². The van der Waals surface area contributed by atoms with Gasteiger partial charge in [0.25, 0.3) is 0 Å². The molecule has 3 aromatic heterocycles. The summed E-state index contributed by atoms with van der Waals surface area (Å²) in [6, 6.07) is 9.08. The average Bonchev–Trinajstić information content (AvgIpc) is 3.53. The van der Waals surface area contributed by atoms with Crippen LogP contribution in [0.2, 0.25) is 10.0 Å². The van der Waals surface area contributed by atoms with Gasteiger partial charge in [-0.25, -0.2) is 9.97 Å². The van der Waals surface area contributed by atoms with Gasteiger partial charge in [0.2, 0.25) is 5.88 Å². The molecule has 2 fully saturated rings. The van der Waals surface area contributed by atoms with Gasteiger partial charge in [-0.15, -0.1) is 0 Å². The highest BCUT2D eigenvalue weighted by Crippen LogP contribution is 2.42. The number of nitrogens with zero attached hydrogens (tertiary/aromatic N) is 6. The third kappa shape index (κ3) is 5.68. The van der Waals surface area contributed by atoms with Gasteiger partial charge in [0.15, 0.2) is 11.2 Å². The van der Waals surface area contributed by atoms with Crippen LogP contribution in [0.25, 0.3) is 22.6 Å². The maximum Gasteiger partial charge on any atom is 0.246 e. The van der Waals surface area contributed by atoms with E-state index in [9.17, 15) is 0 Å². The molecule has 0 amide bonds. The van der Waals surface area contributed by atoms with Crippen LogP contribution < -0.4 is 14.8 Å². The van der Waals surface area contributed by atoms with Crippen molar-refractivity contribution < 1.29 is 9.47 Å². The van der Waals surface area contributed by atoms with Gasteiger partial charge < -0.3 is 14.8 Å². The van der Waals surface area contributed by atoms with Crippen molar-refractivity contribution in [2.45, 2.75) is 38.3 Å². The molecule has 4 aromatic rings. The second kappa shape index (κ2) is 10.9. The maximum absolute atomic E-state index is 6.87. The number of aromatic nitrogens is 5. The Kier molecular flexibility index (Phi) is 7.33. The van der Waals surface area contributed by atoms with E-state index >= 15 is 0 Å². The summed E-state index contributed by atoms with van der Waals surface area (Å²) in [6.45, 7) is 9.69. The van der Waals surface area contributed by atoms with Crippen molar-refractivity contribution in [2.24, 2.45) is 0 Å². The highest BCUT2D eigenvalue weighted by atomic mass is 35.5. The predicted octanol–water partition coefficient (Wildman–Crippen LogP) is 5.02. The van der Waals surface area contributed by atoms with Crippen molar-refractivity contribution in [1.82, 2.24) is 34.7 Å². The summed E-state index contributed by atoms with van der Waals surface area (Å²) in [5.41, 5.74) is 2.54. The van der Waals surface area contributed by atoms with E-state index in [4.69, 9.17) is 37.7 Å². The molecular weight excluding hydrogens is 537 g/mol. The average molecular weight is 569 g/mol. The molecule has 0 radical (unpaired) electrons. The molecule has 11 heteroatoms. The van der Waals surface area contributed by atoms with Gasteiger partial charge in [0.05, 0.1) is 16.8 Å². The molecule has 9 nitrogen and oxygen atoms in total. The number of fused-ring (bicyclic) bond motifs is 1. The van der Waals surface area contributed by atoms with Crippen LogP contribution in [0, 0.1) is 0 Å². The number of piperazine rings is 1. The first-order valence-electron chi connectivity index (χ1n) is 13.3. The summed E-state index contributed by atoms with van der Waals surface area (Å²) >= 11 is 13.2. The molecule has 0 spiro atoms. The van der Waals surface area contributed by atoms with Crippen molar-refractivity contribution in [3.05, 3.63) is 58.6 Å². The van der Waals surface area contributed by atoms with E-state index in [1.807, 2.05) is 35.8 Å². The van der Waals surface area contributed by atoms with Crippen molar-refractivity contribution in [3.63, 3.8) is 0 Å². The highest BCUT2D eigenvalue weighted by molar-refractivity contribution is 6.33. The zero-order chi connectivity index (χ0) is 27.0. The Labute approximate surface area is 237 Å². The zero-order valence-electron chi connectivity index (χ0n) is 22.0. The van der Waals surface area contributed by atoms with E-state index in [0.717, 1.165) is 62.6 Å². The number of imidazole rings is 1. The first-order valence-corrected chi connectivity index (χ1v) is 14.0. The molecule has 204 valence electrons. The molecule has 4 heterocycles. The minimum atomic E-state index is -0.242. The minimum absolute atomic E-state index is 0.216. The van der Waals surface area contributed by atoms with Crippen LogP contribution in [0.4, 0.5) is 0 Å². The van der Waals surface area contributed by atoms with E-state index in [1.165, 1.54) is 6.33 Å². The fourth-order valence-electron chi connectivity index (χ4n) is 4.81. The number of hydrogen-bond donors (Lipinski definition) is 1. The molecule has 1 atom stereocenters. The largest absolute Gasteiger partial charge is 0.492 e. The monoisotopic (exact) mass is 567 g/mol. The lowest BCUT2D eigenvalue weighted by Crippen LogP contribution is -2.44. The van der Waals surface area contributed by atoms with Gasteiger partial charge in [-0.2, -0.15) is 4.98 Å². The van der Waals surface area contributed by atoms with Crippen LogP contribution in [0.1, 0.15) is 38.4 Å². The minimum Gasteiger partial charge on any atom is -0.492 e. The summed E-state index contributed by atoms with van der Waals surface area (Å²) in [7, 11) is 0. The van der Waals surface area contributed by atoms with Crippen LogP contribution in [0.3, 0.4) is 0 Å². The van der Waals surface area contributed by atoms with Crippen molar-refractivity contribution in [2.75, 3.05) is 39.3 Å². The maximum atomic E-state index is 6.87. The van der Waals surface area contributed by atoms with Crippen LogP contribution in [-0.2, 0) is 0 Å².